The van der Waals surface area contributed by atoms with Gasteiger partial charge in [-0.1, -0.05) is 29.3 Å². The van der Waals surface area contributed by atoms with Gasteiger partial charge in [-0.2, -0.15) is 0 Å². The Morgan fingerprint density at radius 1 is 1.14 bits per heavy atom. The Morgan fingerprint density at radius 3 is 2.52 bits per heavy atom. The molecule has 0 bridgehead atoms. The Labute approximate surface area is 173 Å². The molecule has 0 heterocycles. The van der Waals surface area contributed by atoms with Crippen molar-refractivity contribution < 1.29 is 22.7 Å². The van der Waals surface area contributed by atoms with Gasteiger partial charge in [0.15, 0.2) is 6.10 Å². The molecule has 1 amide bonds. The number of allylic oxidation sites excluding steroid dienone is 1. The van der Waals surface area contributed by atoms with E-state index in [1.165, 1.54) is 37.5 Å². The predicted octanol–water partition coefficient (Wildman–Crippen LogP) is 2.60. The SMILES string of the molecule is Cc1ccc(S(=O)(=O)NCCC(=O)OC(C)C(=O)NCCC2=CCCCC2)cc1. The van der Waals surface area contributed by atoms with Crippen LogP contribution in [0.3, 0.4) is 0 Å². The first-order valence-electron chi connectivity index (χ1n) is 9.99. The van der Waals surface area contributed by atoms with Crippen molar-refractivity contribution >= 4 is 21.9 Å². The molecule has 1 aliphatic carbocycles. The van der Waals surface area contributed by atoms with Gasteiger partial charge >= 0.3 is 5.97 Å². The molecule has 1 unspecified atom stereocenters. The Hall–Kier alpha value is -2.19. The van der Waals surface area contributed by atoms with Crippen LogP contribution in [0.15, 0.2) is 40.8 Å². The van der Waals surface area contributed by atoms with Gasteiger partial charge in [-0.15, -0.1) is 0 Å². The summed E-state index contributed by atoms with van der Waals surface area (Å²) in [5.41, 5.74) is 2.32. The summed E-state index contributed by atoms with van der Waals surface area (Å²) in [4.78, 5) is 24.1. The van der Waals surface area contributed by atoms with E-state index in [1.54, 1.807) is 12.1 Å². The zero-order valence-electron chi connectivity index (χ0n) is 17.1. The average Bonchev–Trinajstić information content (AvgIpc) is 2.68. The summed E-state index contributed by atoms with van der Waals surface area (Å²) in [6.07, 6.45) is 6.58. The molecule has 0 saturated heterocycles. The van der Waals surface area contributed by atoms with Crippen LogP contribution in [0.2, 0.25) is 0 Å². The number of aryl methyl sites for hydroxylation is 1. The van der Waals surface area contributed by atoms with Crippen molar-refractivity contribution in [1.82, 2.24) is 10.0 Å². The van der Waals surface area contributed by atoms with Crippen LogP contribution in [0.1, 0.15) is 51.0 Å². The number of esters is 1. The van der Waals surface area contributed by atoms with E-state index in [-0.39, 0.29) is 23.8 Å². The van der Waals surface area contributed by atoms with Crippen molar-refractivity contribution in [1.29, 1.82) is 0 Å². The average molecular weight is 423 g/mol. The first-order chi connectivity index (χ1) is 13.8. The molecule has 29 heavy (non-hydrogen) atoms. The van der Waals surface area contributed by atoms with Gasteiger partial charge in [0.2, 0.25) is 10.0 Å². The Morgan fingerprint density at radius 2 is 1.86 bits per heavy atom. The van der Waals surface area contributed by atoms with Gasteiger partial charge < -0.3 is 10.1 Å². The zero-order chi connectivity index (χ0) is 21.3. The van der Waals surface area contributed by atoms with Crippen molar-refractivity contribution in [2.45, 2.75) is 63.4 Å². The van der Waals surface area contributed by atoms with E-state index in [2.05, 4.69) is 16.1 Å². The highest BCUT2D eigenvalue weighted by atomic mass is 32.2. The molecular formula is C21H30N2O5S. The maximum Gasteiger partial charge on any atom is 0.307 e. The standard InChI is InChI=1S/C21H30N2O5S/c1-16-8-10-19(11-9-16)29(26,27)23-15-13-20(24)28-17(2)21(25)22-14-12-18-6-4-3-5-7-18/h6,8-11,17,23H,3-5,7,12-15H2,1-2H3,(H,22,25). The van der Waals surface area contributed by atoms with Gasteiger partial charge in [-0.05, 0) is 58.1 Å². The zero-order valence-corrected chi connectivity index (χ0v) is 17.9. The Bertz CT molecular complexity index is 831. The van der Waals surface area contributed by atoms with E-state index in [0.29, 0.717) is 6.54 Å². The highest BCUT2D eigenvalue weighted by Crippen LogP contribution is 2.19. The lowest BCUT2D eigenvalue weighted by Crippen LogP contribution is -2.37. The quantitative estimate of drug-likeness (QED) is 0.446. The number of sulfonamides is 1. The smallest absolute Gasteiger partial charge is 0.307 e. The molecule has 1 aromatic rings. The third kappa shape index (κ3) is 7.98. The van der Waals surface area contributed by atoms with Gasteiger partial charge in [0, 0.05) is 13.1 Å². The van der Waals surface area contributed by atoms with Crippen molar-refractivity contribution in [3.8, 4) is 0 Å². The Kier molecular flexibility index (Phi) is 8.85. The van der Waals surface area contributed by atoms with Crippen LogP contribution in [0, 0.1) is 6.92 Å². The number of hydrogen-bond donors (Lipinski definition) is 2. The second-order valence-electron chi connectivity index (χ2n) is 7.24. The molecule has 0 radical (unpaired) electrons. The molecule has 1 aliphatic rings. The van der Waals surface area contributed by atoms with Crippen molar-refractivity contribution in [2.75, 3.05) is 13.1 Å². The van der Waals surface area contributed by atoms with Gasteiger partial charge in [0.05, 0.1) is 11.3 Å². The van der Waals surface area contributed by atoms with E-state index in [1.807, 2.05) is 6.92 Å². The largest absolute Gasteiger partial charge is 0.453 e. The lowest BCUT2D eigenvalue weighted by Gasteiger charge is -2.15. The number of ether oxygens (including phenoxy) is 1. The van der Waals surface area contributed by atoms with Gasteiger partial charge in [0.1, 0.15) is 0 Å². The van der Waals surface area contributed by atoms with Crippen molar-refractivity contribution in [3.63, 3.8) is 0 Å². The van der Waals surface area contributed by atoms with Crippen molar-refractivity contribution in [3.05, 3.63) is 41.5 Å². The summed E-state index contributed by atoms with van der Waals surface area (Å²) >= 11 is 0. The number of hydrogen-bond acceptors (Lipinski definition) is 5. The molecule has 0 fully saturated rings. The second kappa shape index (κ2) is 11.1. The van der Waals surface area contributed by atoms with E-state index in [0.717, 1.165) is 24.8 Å². The highest BCUT2D eigenvalue weighted by Gasteiger charge is 2.19. The summed E-state index contributed by atoms with van der Waals surface area (Å²) < 4.78 is 31.8. The molecule has 1 aromatic carbocycles. The first-order valence-corrected chi connectivity index (χ1v) is 11.5. The summed E-state index contributed by atoms with van der Waals surface area (Å²) in [6.45, 7) is 3.79. The van der Waals surface area contributed by atoms with Crippen LogP contribution in [0.5, 0.6) is 0 Å². The van der Waals surface area contributed by atoms with Crippen LogP contribution in [-0.4, -0.2) is 39.5 Å². The monoisotopic (exact) mass is 422 g/mol. The number of benzene rings is 1. The van der Waals surface area contributed by atoms with E-state index < -0.39 is 22.1 Å². The second-order valence-corrected chi connectivity index (χ2v) is 9.01. The third-order valence-corrected chi connectivity index (χ3v) is 6.24. The normalized spacial score (nSPS) is 15.3. The van der Waals surface area contributed by atoms with Crippen molar-refractivity contribution in [2.24, 2.45) is 0 Å². The molecule has 0 aromatic heterocycles. The lowest BCUT2D eigenvalue weighted by molar-refractivity contribution is -0.154. The number of amides is 1. The van der Waals surface area contributed by atoms with E-state index >= 15 is 0 Å². The summed E-state index contributed by atoms with van der Waals surface area (Å²) in [5.74, 6) is -0.982. The highest BCUT2D eigenvalue weighted by molar-refractivity contribution is 7.89. The molecule has 7 nitrogen and oxygen atoms in total. The lowest BCUT2D eigenvalue weighted by atomic mass is 9.97. The fraction of sp³-hybridized carbons (Fsp3) is 0.524. The molecule has 0 spiro atoms. The van der Waals surface area contributed by atoms with Crippen LogP contribution in [0.25, 0.3) is 0 Å². The van der Waals surface area contributed by atoms with Gasteiger partial charge in [0.25, 0.3) is 5.91 Å². The molecule has 1 atom stereocenters. The summed E-state index contributed by atoms with van der Waals surface area (Å²) in [5, 5.41) is 2.77. The molecule has 8 heteroatoms. The predicted molar refractivity (Wildman–Crippen MR) is 111 cm³/mol. The molecule has 0 aliphatic heterocycles. The number of rotatable bonds is 10. The molecule has 2 rings (SSSR count). The number of carbonyl (C=O) groups excluding carboxylic acids is 2. The van der Waals surface area contributed by atoms with E-state index in [4.69, 9.17) is 4.74 Å². The van der Waals surface area contributed by atoms with Gasteiger partial charge in [-0.25, -0.2) is 13.1 Å². The fourth-order valence-corrected chi connectivity index (χ4v) is 4.05. The van der Waals surface area contributed by atoms with Gasteiger partial charge in [-0.3, -0.25) is 9.59 Å². The van der Waals surface area contributed by atoms with Crippen LogP contribution in [-0.2, 0) is 24.3 Å². The maximum atomic E-state index is 12.2. The summed E-state index contributed by atoms with van der Waals surface area (Å²) in [7, 11) is -3.68. The molecular weight excluding hydrogens is 392 g/mol. The molecule has 0 saturated carbocycles. The third-order valence-electron chi connectivity index (χ3n) is 4.76. The molecule has 2 N–H and O–H groups in total. The van der Waals surface area contributed by atoms with Crippen LogP contribution < -0.4 is 10.0 Å². The minimum absolute atomic E-state index is 0.0997. The minimum Gasteiger partial charge on any atom is -0.453 e. The first kappa shape index (κ1) is 23.1. The molecule has 160 valence electrons. The topological polar surface area (TPSA) is 102 Å². The fourth-order valence-electron chi connectivity index (χ4n) is 3.02. The van der Waals surface area contributed by atoms with Crippen LogP contribution in [0.4, 0.5) is 0 Å². The minimum atomic E-state index is -3.68. The van der Waals surface area contributed by atoms with Crippen LogP contribution >= 0.6 is 0 Å². The number of carbonyl (C=O) groups is 2. The number of nitrogens with one attached hydrogen (secondary N) is 2. The Balaban J connectivity index is 1.67. The van der Waals surface area contributed by atoms with E-state index in [9.17, 15) is 18.0 Å². The maximum absolute atomic E-state index is 12.2. The summed E-state index contributed by atoms with van der Waals surface area (Å²) in [6, 6.07) is 6.42.